The highest BCUT2D eigenvalue weighted by molar-refractivity contribution is 6.29. The standard InChI is InChI=1S/C64H48N6/c1-41-17-9-11-23-50(41)55-40-47(39-54(65-55)44-19-5-3-6-20-44)43-29-33-48(34-30-43)69-56-27-15-13-25-52(56)60-58(69)37-38-59-61(60)53-26-14-16-28-57(53)70(59)49-35-31-46(32-36-49)63-66-62(45-21-7-4-8-22-45)67-64(68-63)51-24-12-10-18-42(51)2/h3-16,19-42H,17-18H2,1-2H3. The Bertz CT molecular complexity index is 3690. The van der Waals surface area contributed by atoms with Gasteiger partial charge in [0, 0.05) is 55.2 Å². The van der Waals surface area contributed by atoms with Gasteiger partial charge in [-0.3, -0.25) is 0 Å². The van der Waals surface area contributed by atoms with Crippen molar-refractivity contribution in [2.45, 2.75) is 26.7 Å². The van der Waals surface area contributed by atoms with Crippen molar-refractivity contribution in [3.05, 3.63) is 230 Å². The molecular formula is C64H48N6. The molecule has 6 nitrogen and oxygen atoms in total. The fraction of sp³-hybridized carbons (Fsp3) is 0.0938. The first-order valence-corrected chi connectivity index (χ1v) is 24.3. The van der Waals surface area contributed by atoms with Crippen LogP contribution in [0.4, 0.5) is 0 Å². The Hall–Kier alpha value is -8.74. The summed E-state index contributed by atoms with van der Waals surface area (Å²) in [6.45, 7) is 4.53. The third kappa shape index (κ3) is 7.10. The smallest absolute Gasteiger partial charge is 0.164 e. The molecule has 4 heterocycles. The normalized spacial score (nSPS) is 15.8. The molecule has 2 aliphatic carbocycles. The number of aromatic nitrogens is 6. The molecule has 2 unspecified atom stereocenters. The summed E-state index contributed by atoms with van der Waals surface area (Å²) in [4.78, 5) is 20.4. The lowest BCUT2D eigenvalue weighted by Crippen LogP contribution is -2.08. The Morgan fingerprint density at radius 2 is 0.829 bits per heavy atom. The number of allylic oxidation sites excluding steroid dienone is 8. The van der Waals surface area contributed by atoms with Gasteiger partial charge >= 0.3 is 0 Å². The van der Waals surface area contributed by atoms with E-state index in [9.17, 15) is 0 Å². The highest BCUT2D eigenvalue weighted by atomic mass is 15.0. The maximum absolute atomic E-state index is 5.23. The van der Waals surface area contributed by atoms with Crippen LogP contribution in [0, 0.1) is 11.8 Å². The van der Waals surface area contributed by atoms with E-state index in [1.54, 1.807) is 0 Å². The molecule has 2 aliphatic rings. The van der Waals surface area contributed by atoms with Crippen molar-refractivity contribution in [3.63, 3.8) is 0 Å². The van der Waals surface area contributed by atoms with Crippen LogP contribution in [-0.4, -0.2) is 29.1 Å². The zero-order valence-electron chi connectivity index (χ0n) is 39.0. The summed E-state index contributed by atoms with van der Waals surface area (Å²) in [5.41, 5.74) is 16.6. The van der Waals surface area contributed by atoms with Crippen molar-refractivity contribution in [2.24, 2.45) is 11.8 Å². The van der Waals surface area contributed by atoms with Gasteiger partial charge in [-0.1, -0.05) is 159 Å². The van der Waals surface area contributed by atoms with Crippen molar-refractivity contribution in [1.82, 2.24) is 29.1 Å². The molecule has 0 saturated carbocycles. The third-order valence-corrected chi connectivity index (χ3v) is 14.3. The van der Waals surface area contributed by atoms with Gasteiger partial charge in [0.2, 0.25) is 0 Å². The van der Waals surface area contributed by atoms with Gasteiger partial charge in [0.15, 0.2) is 17.5 Å². The fourth-order valence-electron chi connectivity index (χ4n) is 10.7. The molecule has 4 aromatic heterocycles. The van der Waals surface area contributed by atoms with Crippen LogP contribution in [0.15, 0.2) is 218 Å². The second-order valence-corrected chi connectivity index (χ2v) is 18.7. The predicted octanol–water partition coefficient (Wildman–Crippen LogP) is 16.1. The summed E-state index contributed by atoms with van der Waals surface area (Å²) in [6.07, 6.45) is 15.1. The fourth-order valence-corrected chi connectivity index (χ4v) is 10.7. The molecule has 0 saturated heterocycles. The van der Waals surface area contributed by atoms with Crippen molar-refractivity contribution < 1.29 is 0 Å². The highest BCUT2D eigenvalue weighted by Gasteiger charge is 2.23. The molecule has 0 bridgehead atoms. The van der Waals surface area contributed by atoms with E-state index in [4.69, 9.17) is 19.9 Å². The Balaban J connectivity index is 0.917. The Morgan fingerprint density at radius 3 is 1.39 bits per heavy atom. The van der Waals surface area contributed by atoms with Gasteiger partial charge < -0.3 is 9.13 Å². The van der Waals surface area contributed by atoms with Gasteiger partial charge in [0.1, 0.15) is 0 Å². The molecule has 0 spiro atoms. The summed E-state index contributed by atoms with van der Waals surface area (Å²) < 4.78 is 4.83. The Kier molecular flexibility index (Phi) is 10.1. The van der Waals surface area contributed by atoms with Crippen LogP contribution < -0.4 is 0 Å². The number of hydrogen-bond donors (Lipinski definition) is 0. The number of pyridine rings is 1. The molecule has 2 atom stereocenters. The number of para-hydroxylation sites is 2. The summed E-state index contributed by atoms with van der Waals surface area (Å²) in [6, 6.07) is 65.2. The lowest BCUT2D eigenvalue weighted by atomic mass is 9.89. The zero-order chi connectivity index (χ0) is 46.7. The average Bonchev–Trinajstić information content (AvgIpc) is 3.94. The molecule has 0 aliphatic heterocycles. The second kappa shape index (κ2) is 17.1. The largest absolute Gasteiger partial charge is 0.309 e. The van der Waals surface area contributed by atoms with Gasteiger partial charge in [0.25, 0.3) is 0 Å². The predicted molar refractivity (Wildman–Crippen MR) is 290 cm³/mol. The van der Waals surface area contributed by atoms with Crippen molar-refractivity contribution in [2.75, 3.05) is 0 Å². The summed E-state index contributed by atoms with van der Waals surface area (Å²) in [5, 5.41) is 4.91. The van der Waals surface area contributed by atoms with Crippen LogP contribution in [0.5, 0.6) is 0 Å². The van der Waals surface area contributed by atoms with Gasteiger partial charge in [-0.15, -0.1) is 0 Å². The van der Waals surface area contributed by atoms with Gasteiger partial charge in [-0.25, -0.2) is 19.9 Å². The van der Waals surface area contributed by atoms with E-state index < -0.39 is 0 Å². The first-order chi connectivity index (χ1) is 34.5. The number of fused-ring (bicyclic) bond motifs is 7. The Labute approximate surface area is 407 Å². The summed E-state index contributed by atoms with van der Waals surface area (Å²) in [5.74, 6) is 2.78. The van der Waals surface area contributed by atoms with Crippen molar-refractivity contribution in [3.8, 4) is 56.5 Å². The Morgan fingerprint density at radius 1 is 0.371 bits per heavy atom. The van der Waals surface area contributed by atoms with E-state index in [0.717, 1.165) is 85.9 Å². The van der Waals surface area contributed by atoms with E-state index in [1.165, 1.54) is 38.2 Å². The van der Waals surface area contributed by atoms with Gasteiger partial charge in [-0.2, -0.15) is 0 Å². The molecule has 0 N–H and O–H groups in total. The van der Waals surface area contributed by atoms with Crippen LogP contribution in [0.25, 0.3) is 111 Å². The van der Waals surface area contributed by atoms with Crippen molar-refractivity contribution >= 4 is 54.8 Å². The molecule has 70 heavy (non-hydrogen) atoms. The minimum Gasteiger partial charge on any atom is -0.309 e. The number of benzene rings is 7. The third-order valence-electron chi connectivity index (χ3n) is 14.3. The van der Waals surface area contributed by atoms with Crippen LogP contribution in [0.3, 0.4) is 0 Å². The quantitative estimate of drug-likeness (QED) is 0.152. The van der Waals surface area contributed by atoms with Crippen molar-refractivity contribution in [1.29, 1.82) is 0 Å². The molecule has 0 radical (unpaired) electrons. The van der Waals surface area contributed by atoms with Gasteiger partial charge in [-0.05, 0) is 114 Å². The first-order valence-electron chi connectivity index (χ1n) is 24.3. The van der Waals surface area contributed by atoms with E-state index in [-0.39, 0.29) is 0 Å². The SMILES string of the molecule is CC1CC=CC=C1c1cc(-c2ccc(-n3c4ccccc4c4c5c6ccccc6n(-c6ccc(-c7nc(C8=CC=CCC8C)nc(-c8ccccc8)n7)cc6)c5ccc43)cc2)cc(-c2ccccc2)n1. The number of rotatable bonds is 8. The average molecular weight is 901 g/mol. The van der Waals surface area contributed by atoms with E-state index >= 15 is 0 Å². The van der Waals surface area contributed by atoms with Crippen LogP contribution >= 0.6 is 0 Å². The molecule has 13 rings (SSSR count). The van der Waals surface area contributed by atoms with Gasteiger partial charge in [0.05, 0.1) is 33.5 Å². The molecule has 7 aromatic carbocycles. The lowest BCUT2D eigenvalue weighted by molar-refractivity contribution is 0.747. The first kappa shape index (κ1) is 41.4. The van der Waals surface area contributed by atoms with E-state index in [2.05, 4.69) is 223 Å². The molecule has 0 fully saturated rings. The molecule has 6 heteroatoms. The second-order valence-electron chi connectivity index (χ2n) is 18.7. The number of nitrogens with zero attached hydrogens (tertiary/aromatic N) is 6. The van der Waals surface area contributed by atoms with E-state index in [0.29, 0.717) is 23.5 Å². The summed E-state index contributed by atoms with van der Waals surface area (Å²) in [7, 11) is 0. The molecular weight excluding hydrogens is 853 g/mol. The van der Waals surface area contributed by atoms with Crippen LogP contribution in [0.1, 0.15) is 38.2 Å². The lowest BCUT2D eigenvalue weighted by Gasteiger charge is -2.19. The molecule has 11 aromatic rings. The minimum absolute atomic E-state index is 0.314. The maximum Gasteiger partial charge on any atom is 0.164 e. The zero-order valence-corrected chi connectivity index (χ0v) is 39.0. The highest BCUT2D eigenvalue weighted by Crippen LogP contribution is 2.43. The minimum atomic E-state index is 0.314. The summed E-state index contributed by atoms with van der Waals surface area (Å²) >= 11 is 0. The maximum atomic E-state index is 5.23. The molecule has 334 valence electrons. The van der Waals surface area contributed by atoms with E-state index in [1.807, 2.05) is 18.2 Å². The monoisotopic (exact) mass is 900 g/mol. The topological polar surface area (TPSA) is 61.4 Å². The van der Waals surface area contributed by atoms with Crippen LogP contribution in [-0.2, 0) is 0 Å². The molecule has 0 amide bonds. The number of hydrogen-bond acceptors (Lipinski definition) is 4. The van der Waals surface area contributed by atoms with Crippen LogP contribution in [0.2, 0.25) is 0 Å².